The molecule has 0 aromatic heterocycles. The summed E-state index contributed by atoms with van der Waals surface area (Å²) >= 11 is 0. The van der Waals surface area contributed by atoms with Gasteiger partial charge in [0, 0.05) is 45.9 Å². The summed E-state index contributed by atoms with van der Waals surface area (Å²) in [5, 5.41) is 10.5. The molecule has 4 heteroatoms. The van der Waals surface area contributed by atoms with Gasteiger partial charge in [-0.15, -0.1) is 0 Å². The molecule has 162 valence electrons. The fraction of sp³-hybridized carbons (Fsp3) is 0.760. The second-order valence-electron chi connectivity index (χ2n) is 10.5. The molecule has 1 aromatic carbocycles. The van der Waals surface area contributed by atoms with Crippen LogP contribution in [0.15, 0.2) is 30.3 Å². The van der Waals surface area contributed by atoms with Crippen LogP contribution >= 0.6 is 0 Å². The third kappa shape index (κ3) is 4.41. The number of ether oxygens (including phenoxy) is 1. The van der Waals surface area contributed by atoms with E-state index < -0.39 is 0 Å². The Morgan fingerprint density at radius 3 is 2.38 bits per heavy atom. The van der Waals surface area contributed by atoms with Crippen LogP contribution in [0.1, 0.15) is 52.0 Å². The molecule has 3 fully saturated rings. The quantitative estimate of drug-likeness (QED) is 0.720. The molecule has 3 aliphatic rings. The maximum absolute atomic E-state index is 10.5. The first-order chi connectivity index (χ1) is 13.9. The van der Waals surface area contributed by atoms with Crippen LogP contribution in [0, 0.1) is 16.7 Å². The monoisotopic (exact) mass is 400 g/mol. The van der Waals surface area contributed by atoms with Crippen molar-refractivity contribution in [3.63, 3.8) is 0 Å². The molecule has 1 aliphatic heterocycles. The van der Waals surface area contributed by atoms with Gasteiger partial charge in [-0.05, 0) is 48.0 Å². The standard InChI is InChI=1S/C25H40N2O2/c1-24(2)21-9-11-25(24,3)23(17-21)29-16-10-22(28)19-27-14-12-26(13-15-27)18-20-7-5-4-6-8-20/h4-8,21-23,28H,9-19H2,1-3H3/t21-,22+,23-,25+/m1/s1. The van der Waals surface area contributed by atoms with E-state index in [-0.39, 0.29) is 6.10 Å². The Morgan fingerprint density at radius 2 is 1.76 bits per heavy atom. The molecule has 4 rings (SSSR count). The molecule has 0 radical (unpaired) electrons. The Morgan fingerprint density at radius 1 is 1.07 bits per heavy atom. The predicted molar refractivity (Wildman–Crippen MR) is 118 cm³/mol. The summed E-state index contributed by atoms with van der Waals surface area (Å²) < 4.78 is 6.33. The lowest BCUT2D eigenvalue weighted by Gasteiger charge is -2.39. The van der Waals surface area contributed by atoms with Crippen LogP contribution < -0.4 is 0 Å². The van der Waals surface area contributed by atoms with E-state index in [1.165, 1.54) is 24.8 Å². The summed E-state index contributed by atoms with van der Waals surface area (Å²) in [5.74, 6) is 0.814. The highest BCUT2D eigenvalue weighted by Gasteiger charge is 2.61. The molecule has 0 amide bonds. The number of benzene rings is 1. The number of aliphatic hydroxyl groups is 1. The fourth-order valence-electron chi connectivity index (χ4n) is 6.09. The predicted octanol–water partition coefficient (Wildman–Crippen LogP) is 3.79. The Labute approximate surface area is 177 Å². The number of aliphatic hydroxyl groups excluding tert-OH is 1. The van der Waals surface area contributed by atoms with Crippen molar-refractivity contribution in [1.82, 2.24) is 9.80 Å². The van der Waals surface area contributed by atoms with Gasteiger partial charge in [-0.25, -0.2) is 0 Å². The van der Waals surface area contributed by atoms with Gasteiger partial charge in [0.25, 0.3) is 0 Å². The third-order valence-corrected chi connectivity index (χ3v) is 8.67. The lowest BCUT2D eigenvalue weighted by atomic mass is 9.70. The van der Waals surface area contributed by atoms with Gasteiger partial charge in [-0.1, -0.05) is 51.1 Å². The van der Waals surface area contributed by atoms with Crippen LogP contribution in [0.2, 0.25) is 0 Å². The van der Waals surface area contributed by atoms with Crippen molar-refractivity contribution < 1.29 is 9.84 Å². The minimum Gasteiger partial charge on any atom is -0.392 e. The van der Waals surface area contributed by atoms with Gasteiger partial charge in [0.2, 0.25) is 0 Å². The van der Waals surface area contributed by atoms with Crippen LogP contribution in [-0.2, 0) is 11.3 Å². The van der Waals surface area contributed by atoms with Gasteiger partial charge >= 0.3 is 0 Å². The highest BCUT2D eigenvalue weighted by molar-refractivity contribution is 5.14. The van der Waals surface area contributed by atoms with Crippen molar-refractivity contribution in [1.29, 1.82) is 0 Å². The minimum absolute atomic E-state index is 0.282. The first-order valence-corrected chi connectivity index (χ1v) is 11.7. The van der Waals surface area contributed by atoms with E-state index >= 15 is 0 Å². The van der Waals surface area contributed by atoms with Crippen LogP contribution in [0.5, 0.6) is 0 Å². The van der Waals surface area contributed by atoms with Gasteiger partial charge in [-0.3, -0.25) is 9.80 Å². The Kier molecular flexibility index (Phi) is 6.36. The normalized spacial score (nSPS) is 33.2. The zero-order chi connectivity index (χ0) is 20.5. The fourth-order valence-corrected chi connectivity index (χ4v) is 6.09. The largest absolute Gasteiger partial charge is 0.392 e. The Balaban J connectivity index is 1.14. The second-order valence-corrected chi connectivity index (χ2v) is 10.5. The lowest BCUT2D eigenvalue weighted by Crippen LogP contribution is -2.48. The molecule has 2 aliphatic carbocycles. The number of nitrogens with zero attached hydrogens (tertiary/aromatic N) is 2. The molecular formula is C25H40N2O2. The first kappa shape index (κ1) is 21.3. The SMILES string of the molecule is CC1(C)[C@@H]2CC[C@@]1(C)[C@H](OCC[C@H](O)CN1CCN(Cc3ccccc3)CC1)C2. The summed E-state index contributed by atoms with van der Waals surface area (Å²) in [7, 11) is 0. The zero-order valence-corrected chi connectivity index (χ0v) is 18.6. The van der Waals surface area contributed by atoms with Crippen molar-refractivity contribution in [3.05, 3.63) is 35.9 Å². The molecular weight excluding hydrogens is 360 g/mol. The average Bonchev–Trinajstić information content (AvgIpc) is 3.04. The molecule has 29 heavy (non-hydrogen) atoms. The summed E-state index contributed by atoms with van der Waals surface area (Å²) in [6.07, 6.45) is 4.72. The number of fused-ring (bicyclic) bond motifs is 2. The number of hydrogen-bond donors (Lipinski definition) is 1. The van der Waals surface area contributed by atoms with Crippen molar-refractivity contribution >= 4 is 0 Å². The van der Waals surface area contributed by atoms with E-state index in [0.29, 0.717) is 23.5 Å². The van der Waals surface area contributed by atoms with E-state index in [0.717, 1.165) is 51.6 Å². The number of piperazine rings is 1. The number of hydrogen-bond acceptors (Lipinski definition) is 4. The van der Waals surface area contributed by atoms with E-state index in [2.05, 4.69) is 60.9 Å². The van der Waals surface area contributed by atoms with Gasteiger partial charge in [0.1, 0.15) is 0 Å². The average molecular weight is 401 g/mol. The third-order valence-electron chi connectivity index (χ3n) is 8.67. The summed E-state index contributed by atoms with van der Waals surface area (Å²) in [6.45, 7) is 14.0. The highest BCUT2D eigenvalue weighted by Crippen LogP contribution is 2.66. The van der Waals surface area contributed by atoms with Crippen molar-refractivity contribution in [2.24, 2.45) is 16.7 Å². The zero-order valence-electron chi connectivity index (χ0n) is 18.6. The molecule has 1 heterocycles. The van der Waals surface area contributed by atoms with Crippen LogP contribution in [0.25, 0.3) is 0 Å². The van der Waals surface area contributed by atoms with Gasteiger partial charge < -0.3 is 9.84 Å². The summed E-state index contributed by atoms with van der Waals surface area (Å²) in [5.41, 5.74) is 2.10. The molecule has 4 atom stereocenters. The molecule has 0 unspecified atom stereocenters. The minimum atomic E-state index is -0.282. The summed E-state index contributed by atoms with van der Waals surface area (Å²) in [6, 6.07) is 10.7. The second kappa shape index (κ2) is 8.66. The smallest absolute Gasteiger partial charge is 0.0689 e. The summed E-state index contributed by atoms with van der Waals surface area (Å²) in [4.78, 5) is 4.92. The molecule has 2 bridgehead atoms. The Hall–Kier alpha value is -0.940. The van der Waals surface area contributed by atoms with Crippen molar-refractivity contribution in [2.75, 3.05) is 39.3 Å². The lowest BCUT2D eigenvalue weighted by molar-refractivity contribution is -0.0570. The molecule has 4 nitrogen and oxygen atoms in total. The van der Waals surface area contributed by atoms with E-state index in [1.807, 2.05) is 0 Å². The van der Waals surface area contributed by atoms with E-state index in [1.54, 1.807) is 0 Å². The molecule has 0 spiro atoms. The number of β-amino-alcohol motifs (C(OH)–C–C–N with tert-alkyl or cyclic N) is 1. The topological polar surface area (TPSA) is 35.9 Å². The van der Waals surface area contributed by atoms with Crippen LogP contribution in [-0.4, -0.2) is 66.4 Å². The molecule has 1 saturated heterocycles. The van der Waals surface area contributed by atoms with Gasteiger partial charge in [-0.2, -0.15) is 0 Å². The van der Waals surface area contributed by atoms with Crippen LogP contribution in [0.3, 0.4) is 0 Å². The maximum atomic E-state index is 10.5. The van der Waals surface area contributed by atoms with E-state index in [4.69, 9.17) is 4.74 Å². The molecule has 2 saturated carbocycles. The highest BCUT2D eigenvalue weighted by atomic mass is 16.5. The first-order valence-electron chi connectivity index (χ1n) is 11.7. The molecule has 1 N–H and O–H groups in total. The van der Waals surface area contributed by atoms with Crippen LogP contribution in [0.4, 0.5) is 0 Å². The van der Waals surface area contributed by atoms with Crippen molar-refractivity contribution in [2.45, 2.75) is 65.2 Å². The van der Waals surface area contributed by atoms with Gasteiger partial charge in [0.15, 0.2) is 0 Å². The Bertz CT molecular complexity index is 656. The van der Waals surface area contributed by atoms with Crippen molar-refractivity contribution in [3.8, 4) is 0 Å². The van der Waals surface area contributed by atoms with E-state index in [9.17, 15) is 5.11 Å². The number of rotatable bonds is 8. The molecule has 1 aromatic rings. The van der Waals surface area contributed by atoms with Gasteiger partial charge in [0.05, 0.1) is 12.2 Å². The maximum Gasteiger partial charge on any atom is 0.0689 e.